The van der Waals surface area contributed by atoms with Gasteiger partial charge in [-0.25, -0.2) is 0 Å². The predicted molar refractivity (Wildman–Crippen MR) is 117 cm³/mol. The SMILES string of the molecule is O=C(C(Sc1nnc(Nc2ccccc2Cl)s1)c1ccccc1)N1CCOCC1. The number of amides is 1. The number of thioether (sulfide) groups is 1. The Hall–Kier alpha value is -2.13. The van der Waals surface area contributed by atoms with Crippen molar-refractivity contribution in [1.82, 2.24) is 15.1 Å². The summed E-state index contributed by atoms with van der Waals surface area (Å²) >= 11 is 9.02. The van der Waals surface area contributed by atoms with Gasteiger partial charge in [0.2, 0.25) is 11.0 Å². The third-order valence-corrected chi connectivity index (χ3v) is 6.88. The highest BCUT2D eigenvalue weighted by molar-refractivity contribution is 8.01. The van der Waals surface area contributed by atoms with E-state index in [9.17, 15) is 4.79 Å². The van der Waals surface area contributed by atoms with Crippen LogP contribution in [0.1, 0.15) is 10.8 Å². The van der Waals surface area contributed by atoms with Gasteiger partial charge in [-0.1, -0.05) is 77.2 Å². The van der Waals surface area contributed by atoms with Crippen LogP contribution in [0.3, 0.4) is 0 Å². The Bertz CT molecular complexity index is 964. The molecular weight excluding hydrogens is 428 g/mol. The molecule has 4 rings (SSSR count). The minimum absolute atomic E-state index is 0.0697. The summed E-state index contributed by atoms with van der Waals surface area (Å²) < 4.78 is 6.10. The zero-order chi connectivity index (χ0) is 20.1. The summed E-state index contributed by atoms with van der Waals surface area (Å²) in [5, 5.41) is 12.5. The summed E-state index contributed by atoms with van der Waals surface area (Å²) in [6.45, 7) is 2.36. The number of carbonyl (C=O) groups is 1. The number of hydrogen-bond donors (Lipinski definition) is 1. The standard InChI is InChI=1S/C20H19ClN4O2S2/c21-15-8-4-5-9-16(15)22-19-23-24-20(29-19)28-17(14-6-2-1-3-7-14)18(26)25-10-12-27-13-11-25/h1-9,17H,10-13H2,(H,22,23). The van der Waals surface area contributed by atoms with Gasteiger partial charge in [0.15, 0.2) is 4.34 Å². The summed E-state index contributed by atoms with van der Waals surface area (Å²) in [6.07, 6.45) is 0. The topological polar surface area (TPSA) is 67.4 Å². The Morgan fingerprint density at radius 3 is 2.59 bits per heavy atom. The zero-order valence-corrected chi connectivity index (χ0v) is 17.8. The second-order valence-corrected chi connectivity index (χ2v) is 9.06. The molecule has 2 aromatic carbocycles. The Labute approximate surface area is 182 Å². The Kier molecular flexibility index (Phi) is 6.66. The van der Waals surface area contributed by atoms with E-state index in [0.29, 0.717) is 36.5 Å². The molecule has 1 aromatic heterocycles. The molecule has 1 N–H and O–H groups in total. The summed E-state index contributed by atoms with van der Waals surface area (Å²) in [7, 11) is 0. The number of ether oxygens (including phenoxy) is 1. The summed E-state index contributed by atoms with van der Waals surface area (Å²) in [4.78, 5) is 15.1. The zero-order valence-electron chi connectivity index (χ0n) is 15.5. The van der Waals surface area contributed by atoms with Gasteiger partial charge < -0.3 is 15.0 Å². The maximum absolute atomic E-state index is 13.2. The van der Waals surface area contributed by atoms with Gasteiger partial charge in [0.05, 0.1) is 23.9 Å². The number of rotatable bonds is 6. The van der Waals surface area contributed by atoms with E-state index in [1.165, 1.54) is 23.1 Å². The molecule has 0 radical (unpaired) electrons. The van der Waals surface area contributed by atoms with Crippen molar-refractivity contribution in [3.8, 4) is 0 Å². The molecule has 0 spiro atoms. The molecule has 0 saturated carbocycles. The highest BCUT2D eigenvalue weighted by Gasteiger charge is 2.29. The molecule has 1 saturated heterocycles. The molecule has 150 valence electrons. The molecule has 1 atom stereocenters. The van der Waals surface area contributed by atoms with Gasteiger partial charge in [0, 0.05) is 13.1 Å². The molecule has 1 amide bonds. The summed E-state index contributed by atoms with van der Waals surface area (Å²) in [5.74, 6) is 0.0697. The molecule has 1 fully saturated rings. The average molecular weight is 447 g/mol. The van der Waals surface area contributed by atoms with Crippen molar-refractivity contribution in [3.05, 3.63) is 65.2 Å². The molecule has 9 heteroatoms. The first-order valence-electron chi connectivity index (χ1n) is 9.14. The van der Waals surface area contributed by atoms with Crippen molar-refractivity contribution < 1.29 is 9.53 Å². The number of benzene rings is 2. The second kappa shape index (κ2) is 9.58. The van der Waals surface area contributed by atoms with Gasteiger partial charge in [-0.15, -0.1) is 10.2 Å². The number of aromatic nitrogens is 2. The van der Waals surface area contributed by atoms with E-state index in [4.69, 9.17) is 16.3 Å². The summed E-state index contributed by atoms with van der Waals surface area (Å²) in [6, 6.07) is 17.2. The van der Waals surface area contributed by atoms with Gasteiger partial charge in [-0.2, -0.15) is 0 Å². The number of hydrogen-bond acceptors (Lipinski definition) is 7. The highest BCUT2D eigenvalue weighted by atomic mass is 35.5. The van der Waals surface area contributed by atoms with Crippen LogP contribution in [0.25, 0.3) is 0 Å². The van der Waals surface area contributed by atoms with Gasteiger partial charge in [-0.3, -0.25) is 4.79 Å². The van der Waals surface area contributed by atoms with Crippen molar-refractivity contribution in [2.75, 3.05) is 31.6 Å². The van der Waals surface area contributed by atoms with Crippen molar-refractivity contribution >= 4 is 51.4 Å². The Balaban J connectivity index is 1.53. The van der Waals surface area contributed by atoms with Crippen LogP contribution in [-0.2, 0) is 9.53 Å². The Morgan fingerprint density at radius 2 is 1.83 bits per heavy atom. The minimum atomic E-state index is -0.379. The average Bonchev–Trinajstić information content (AvgIpc) is 3.21. The fourth-order valence-electron chi connectivity index (χ4n) is 2.92. The fourth-order valence-corrected chi connectivity index (χ4v) is 5.15. The molecular formula is C20H19ClN4O2S2. The second-order valence-electron chi connectivity index (χ2n) is 6.32. The van der Waals surface area contributed by atoms with Crippen LogP contribution in [0.4, 0.5) is 10.8 Å². The van der Waals surface area contributed by atoms with Crippen molar-refractivity contribution in [3.63, 3.8) is 0 Å². The number of nitrogens with zero attached hydrogens (tertiary/aromatic N) is 3. The predicted octanol–water partition coefficient (Wildman–Crippen LogP) is 4.63. The van der Waals surface area contributed by atoms with E-state index < -0.39 is 0 Å². The normalized spacial score (nSPS) is 15.1. The quantitative estimate of drug-likeness (QED) is 0.557. The smallest absolute Gasteiger partial charge is 0.240 e. The van der Waals surface area contributed by atoms with E-state index in [2.05, 4.69) is 15.5 Å². The van der Waals surface area contributed by atoms with Crippen LogP contribution in [0.2, 0.25) is 5.02 Å². The van der Waals surface area contributed by atoms with E-state index in [1.54, 1.807) is 0 Å². The summed E-state index contributed by atoms with van der Waals surface area (Å²) in [5.41, 5.74) is 1.72. The lowest BCUT2D eigenvalue weighted by Gasteiger charge is -2.30. The lowest BCUT2D eigenvalue weighted by molar-refractivity contribution is -0.134. The molecule has 0 bridgehead atoms. The van der Waals surface area contributed by atoms with Crippen LogP contribution < -0.4 is 5.32 Å². The van der Waals surface area contributed by atoms with Gasteiger partial charge in [0.1, 0.15) is 5.25 Å². The number of carbonyl (C=O) groups excluding carboxylic acids is 1. The third kappa shape index (κ3) is 5.08. The van der Waals surface area contributed by atoms with Crippen molar-refractivity contribution in [2.45, 2.75) is 9.59 Å². The largest absolute Gasteiger partial charge is 0.378 e. The fraction of sp³-hybridized carbons (Fsp3) is 0.250. The Morgan fingerprint density at radius 1 is 1.10 bits per heavy atom. The monoisotopic (exact) mass is 446 g/mol. The highest BCUT2D eigenvalue weighted by Crippen LogP contribution is 2.40. The number of anilines is 2. The first-order valence-corrected chi connectivity index (χ1v) is 11.2. The molecule has 6 nitrogen and oxygen atoms in total. The van der Waals surface area contributed by atoms with E-state index >= 15 is 0 Å². The molecule has 1 unspecified atom stereocenters. The van der Waals surface area contributed by atoms with Crippen molar-refractivity contribution in [2.24, 2.45) is 0 Å². The lowest BCUT2D eigenvalue weighted by Crippen LogP contribution is -2.42. The lowest BCUT2D eigenvalue weighted by atomic mass is 10.1. The van der Waals surface area contributed by atoms with E-state index in [0.717, 1.165) is 15.6 Å². The van der Waals surface area contributed by atoms with Crippen LogP contribution in [-0.4, -0.2) is 47.3 Å². The molecule has 1 aliphatic heterocycles. The van der Waals surface area contributed by atoms with E-state index in [1.807, 2.05) is 59.5 Å². The van der Waals surface area contributed by atoms with E-state index in [-0.39, 0.29) is 11.2 Å². The van der Waals surface area contributed by atoms with Crippen molar-refractivity contribution in [1.29, 1.82) is 0 Å². The molecule has 1 aliphatic rings. The van der Waals surface area contributed by atoms with Crippen LogP contribution in [0.5, 0.6) is 0 Å². The first kappa shape index (κ1) is 20.2. The number of para-hydroxylation sites is 1. The number of halogens is 1. The maximum atomic E-state index is 13.2. The molecule has 29 heavy (non-hydrogen) atoms. The van der Waals surface area contributed by atoms with Gasteiger partial charge in [-0.05, 0) is 17.7 Å². The first-order chi connectivity index (χ1) is 14.2. The molecule has 3 aromatic rings. The maximum Gasteiger partial charge on any atom is 0.240 e. The van der Waals surface area contributed by atoms with Gasteiger partial charge in [0.25, 0.3) is 0 Å². The van der Waals surface area contributed by atoms with Crippen LogP contribution >= 0.6 is 34.7 Å². The molecule has 2 heterocycles. The van der Waals surface area contributed by atoms with Gasteiger partial charge >= 0.3 is 0 Å². The van der Waals surface area contributed by atoms with Crippen LogP contribution in [0, 0.1) is 0 Å². The third-order valence-electron chi connectivity index (χ3n) is 4.39. The van der Waals surface area contributed by atoms with Crippen LogP contribution in [0.15, 0.2) is 58.9 Å². The minimum Gasteiger partial charge on any atom is -0.378 e. The number of nitrogens with one attached hydrogen (secondary N) is 1. The number of morpholine rings is 1. The molecule has 0 aliphatic carbocycles.